The third kappa shape index (κ3) is 2.80. The van der Waals surface area contributed by atoms with Crippen molar-refractivity contribution in [3.05, 3.63) is 48.0 Å². The van der Waals surface area contributed by atoms with Crippen LogP contribution in [0.25, 0.3) is 22.2 Å². The molecular weight excluding hydrogens is 306 g/mol. The number of nitrogens with zero attached hydrogens (tertiary/aromatic N) is 1. The molecule has 3 aromatic rings. The predicted molar refractivity (Wildman–Crippen MR) is 94.5 cm³/mol. The highest BCUT2D eigenvalue weighted by atomic mass is 32.1. The zero-order chi connectivity index (χ0) is 15.6. The van der Waals surface area contributed by atoms with E-state index in [1.54, 1.807) is 0 Å². The molecule has 1 aliphatic carbocycles. The number of nitrogens with one attached hydrogen (secondary N) is 2. The highest BCUT2D eigenvalue weighted by Crippen LogP contribution is 2.31. The van der Waals surface area contributed by atoms with E-state index in [1.165, 1.54) is 11.3 Å². The number of carbonyl (C=O) groups excluding carboxylic acids is 1. The number of allylic oxidation sites excluding steroid dienone is 2. The Bertz CT molecular complexity index is 877. The van der Waals surface area contributed by atoms with E-state index in [0.29, 0.717) is 5.13 Å². The lowest BCUT2D eigenvalue weighted by Crippen LogP contribution is -2.23. The molecule has 2 aromatic heterocycles. The number of benzene rings is 1. The van der Waals surface area contributed by atoms with E-state index in [4.69, 9.17) is 0 Å². The second-order valence-electron chi connectivity index (χ2n) is 5.76. The normalized spacial score (nSPS) is 17.5. The molecule has 0 bridgehead atoms. The second-order valence-corrected chi connectivity index (χ2v) is 6.61. The first-order chi connectivity index (χ1) is 11.3. The molecule has 1 atom stereocenters. The molecule has 0 aliphatic heterocycles. The first-order valence-electron chi connectivity index (χ1n) is 7.79. The van der Waals surface area contributed by atoms with E-state index in [9.17, 15) is 4.79 Å². The summed E-state index contributed by atoms with van der Waals surface area (Å²) in [5.41, 5.74) is 3.05. The van der Waals surface area contributed by atoms with Gasteiger partial charge in [0, 0.05) is 34.0 Å². The maximum atomic E-state index is 12.3. The number of aromatic nitrogens is 2. The van der Waals surface area contributed by atoms with Gasteiger partial charge in [0.05, 0.1) is 5.69 Å². The van der Waals surface area contributed by atoms with E-state index in [-0.39, 0.29) is 11.8 Å². The van der Waals surface area contributed by atoms with Crippen molar-refractivity contribution in [3.8, 4) is 11.3 Å². The molecule has 1 aliphatic rings. The number of H-pyrrole nitrogens is 1. The Kier molecular flexibility index (Phi) is 3.71. The third-order valence-corrected chi connectivity index (χ3v) is 5.00. The van der Waals surface area contributed by atoms with E-state index < -0.39 is 0 Å². The van der Waals surface area contributed by atoms with Crippen molar-refractivity contribution in [2.45, 2.75) is 19.3 Å². The fourth-order valence-electron chi connectivity index (χ4n) is 2.98. The van der Waals surface area contributed by atoms with Crippen molar-refractivity contribution in [2.24, 2.45) is 5.92 Å². The van der Waals surface area contributed by atoms with E-state index in [1.807, 2.05) is 29.8 Å². The maximum absolute atomic E-state index is 12.3. The summed E-state index contributed by atoms with van der Waals surface area (Å²) in [7, 11) is 0. The van der Waals surface area contributed by atoms with Crippen LogP contribution in [0, 0.1) is 5.92 Å². The molecule has 23 heavy (non-hydrogen) atoms. The quantitative estimate of drug-likeness (QED) is 0.693. The molecule has 0 saturated carbocycles. The molecule has 2 N–H and O–H groups in total. The zero-order valence-corrected chi connectivity index (χ0v) is 13.4. The lowest BCUT2D eigenvalue weighted by Gasteiger charge is -2.15. The summed E-state index contributed by atoms with van der Waals surface area (Å²) in [5, 5.41) is 6.78. The monoisotopic (exact) mass is 323 g/mol. The van der Waals surface area contributed by atoms with Crippen LogP contribution in [0.15, 0.2) is 48.0 Å². The maximum Gasteiger partial charge on any atom is 0.229 e. The van der Waals surface area contributed by atoms with Crippen LogP contribution < -0.4 is 5.32 Å². The van der Waals surface area contributed by atoms with Crippen LogP contribution in [-0.4, -0.2) is 15.9 Å². The summed E-state index contributed by atoms with van der Waals surface area (Å²) in [6.07, 6.45) is 8.93. The summed E-state index contributed by atoms with van der Waals surface area (Å²) in [6, 6.07) is 8.15. The SMILES string of the molecule is O=C(Nc1nc(-c2c[nH]c3ccccc23)cs1)[C@H]1CC=CCC1. The van der Waals surface area contributed by atoms with Crippen LogP contribution in [0.2, 0.25) is 0 Å². The van der Waals surface area contributed by atoms with Gasteiger partial charge in [-0.15, -0.1) is 11.3 Å². The number of carbonyl (C=O) groups is 1. The van der Waals surface area contributed by atoms with Gasteiger partial charge < -0.3 is 10.3 Å². The second kappa shape index (κ2) is 6.01. The average molecular weight is 323 g/mol. The fourth-order valence-corrected chi connectivity index (χ4v) is 3.69. The minimum atomic E-state index is 0.0699. The van der Waals surface area contributed by atoms with Crippen LogP contribution in [0.4, 0.5) is 5.13 Å². The smallest absolute Gasteiger partial charge is 0.229 e. The molecule has 0 spiro atoms. The Hall–Kier alpha value is -2.40. The molecular formula is C18H17N3OS. The largest absolute Gasteiger partial charge is 0.360 e. The predicted octanol–water partition coefficient (Wildman–Crippen LogP) is 4.59. The first kappa shape index (κ1) is 14.2. The van der Waals surface area contributed by atoms with Crippen LogP contribution in [0.3, 0.4) is 0 Å². The zero-order valence-electron chi connectivity index (χ0n) is 12.6. The molecule has 1 aromatic carbocycles. The molecule has 0 unspecified atom stereocenters. The van der Waals surface area contributed by atoms with E-state index in [2.05, 4.69) is 33.5 Å². The number of amides is 1. The van der Waals surface area contributed by atoms with Gasteiger partial charge in [0.2, 0.25) is 5.91 Å². The number of para-hydroxylation sites is 1. The highest BCUT2D eigenvalue weighted by Gasteiger charge is 2.20. The van der Waals surface area contributed by atoms with E-state index >= 15 is 0 Å². The molecule has 4 rings (SSSR count). The Morgan fingerprint density at radius 2 is 2.22 bits per heavy atom. The van der Waals surface area contributed by atoms with Crippen molar-refractivity contribution >= 4 is 33.3 Å². The van der Waals surface area contributed by atoms with Crippen molar-refractivity contribution in [1.82, 2.24) is 9.97 Å². The van der Waals surface area contributed by atoms with Crippen molar-refractivity contribution < 1.29 is 4.79 Å². The standard InChI is InChI=1S/C18H17N3OS/c22-17(12-6-2-1-3-7-12)21-18-20-16(11-23-18)14-10-19-15-9-5-4-8-13(14)15/h1-2,4-5,8-12,19H,3,6-7H2,(H,20,21,22)/t12-/m0/s1. The van der Waals surface area contributed by atoms with Crippen LogP contribution in [-0.2, 0) is 4.79 Å². The van der Waals surface area contributed by atoms with Crippen LogP contribution >= 0.6 is 11.3 Å². The number of fused-ring (bicyclic) bond motifs is 1. The summed E-state index contributed by atoms with van der Waals surface area (Å²) >= 11 is 1.47. The molecule has 0 saturated heterocycles. The van der Waals surface area contributed by atoms with Gasteiger partial charge in [-0.1, -0.05) is 30.4 Å². The number of aromatic amines is 1. The molecule has 0 radical (unpaired) electrons. The van der Waals surface area contributed by atoms with Crippen molar-refractivity contribution in [3.63, 3.8) is 0 Å². The van der Waals surface area contributed by atoms with Gasteiger partial charge in [-0.2, -0.15) is 0 Å². The lowest BCUT2D eigenvalue weighted by molar-refractivity contribution is -0.120. The fraction of sp³-hybridized carbons (Fsp3) is 0.222. The number of hydrogen-bond donors (Lipinski definition) is 2. The Labute approximate surface area is 138 Å². The van der Waals surface area contributed by atoms with Crippen LogP contribution in [0.5, 0.6) is 0 Å². The van der Waals surface area contributed by atoms with Gasteiger partial charge in [-0.3, -0.25) is 4.79 Å². The Morgan fingerprint density at radius 1 is 1.30 bits per heavy atom. The van der Waals surface area contributed by atoms with Gasteiger partial charge in [-0.25, -0.2) is 4.98 Å². The molecule has 2 heterocycles. The number of rotatable bonds is 3. The van der Waals surface area contributed by atoms with Crippen LogP contribution in [0.1, 0.15) is 19.3 Å². The number of hydrogen-bond acceptors (Lipinski definition) is 3. The number of thiazole rings is 1. The minimum absolute atomic E-state index is 0.0699. The van der Waals surface area contributed by atoms with E-state index in [0.717, 1.165) is 41.4 Å². The van der Waals surface area contributed by atoms with Gasteiger partial charge in [-0.05, 0) is 25.3 Å². The van der Waals surface area contributed by atoms with Crippen molar-refractivity contribution in [2.75, 3.05) is 5.32 Å². The van der Waals surface area contributed by atoms with Gasteiger partial charge in [0.15, 0.2) is 5.13 Å². The van der Waals surface area contributed by atoms with Gasteiger partial charge in [0.25, 0.3) is 0 Å². The Morgan fingerprint density at radius 3 is 3.09 bits per heavy atom. The van der Waals surface area contributed by atoms with Crippen molar-refractivity contribution in [1.29, 1.82) is 0 Å². The average Bonchev–Trinajstić information content (AvgIpc) is 3.22. The molecule has 5 heteroatoms. The highest BCUT2D eigenvalue weighted by molar-refractivity contribution is 7.14. The first-order valence-corrected chi connectivity index (χ1v) is 8.67. The molecule has 0 fully saturated rings. The third-order valence-electron chi connectivity index (χ3n) is 4.24. The summed E-state index contributed by atoms with van der Waals surface area (Å²) in [6.45, 7) is 0. The molecule has 4 nitrogen and oxygen atoms in total. The van der Waals surface area contributed by atoms with Gasteiger partial charge >= 0.3 is 0 Å². The molecule has 1 amide bonds. The summed E-state index contributed by atoms with van der Waals surface area (Å²) < 4.78 is 0. The Balaban J connectivity index is 1.55. The minimum Gasteiger partial charge on any atom is -0.360 e. The van der Waals surface area contributed by atoms with Gasteiger partial charge in [0.1, 0.15) is 0 Å². The summed E-state index contributed by atoms with van der Waals surface area (Å²) in [5.74, 6) is 0.148. The number of anilines is 1. The molecule has 116 valence electrons. The summed E-state index contributed by atoms with van der Waals surface area (Å²) in [4.78, 5) is 20.1. The lowest BCUT2D eigenvalue weighted by atomic mass is 9.94. The topological polar surface area (TPSA) is 57.8 Å².